The van der Waals surface area contributed by atoms with Crippen LogP contribution >= 0.6 is 8.03 Å². The van der Waals surface area contributed by atoms with Gasteiger partial charge in [-0.05, 0) is 4.57 Å². The van der Waals surface area contributed by atoms with Crippen molar-refractivity contribution < 1.29 is 31.7 Å². The molecule has 0 saturated heterocycles. The van der Waals surface area contributed by atoms with Gasteiger partial charge in [0.05, 0.1) is 26.1 Å². The van der Waals surface area contributed by atoms with Crippen LogP contribution in [0.25, 0.3) is 0 Å². The fourth-order valence-electron chi connectivity index (χ4n) is 1.50. The number of halogens is 3. The normalized spacial score (nSPS) is 13.1. The highest BCUT2D eigenvalue weighted by molar-refractivity contribution is 7.48. The van der Waals surface area contributed by atoms with Crippen molar-refractivity contribution in [2.75, 3.05) is 34.3 Å². The first-order valence-electron chi connectivity index (χ1n) is 6.18. The highest BCUT2D eigenvalue weighted by Gasteiger charge is 2.40. The third kappa shape index (κ3) is 5.32. The first kappa shape index (κ1) is 18.5. The Balaban J connectivity index is 2.97. The SMILES string of the molecule is C[N+](C)(C)CCO[P+](=O)c1ccc([N+](=O)[O-])c(C(F)(F)F)c1. The number of hydrogen-bond acceptors (Lipinski definition) is 4. The molecule has 0 saturated carbocycles. The lowest BCUT2D eigenvalue weighted by Gasteiger charge is -2.21. The molecule has 0 aliphatic carbocycles. The molecule has 0 aliphatic rings. The lowest BCUT2D eigenvalue weighted by atomic mass is 10.2. The average Bonchev–Trinajstić information content (AvgIpc) is 2.35. The summed E-state index contributed by atoms with van der Waals surface area (Å²) < 4.78 is 55.9. The third-order valence-electron chi connectivity index (χ3n) is 2.66. The first-order valence-corrected chi connectivity index (χ1v) is 7.36. The van der Waals surface area contributed by atoms with Gasteiger partial charge in [-0.15, -0.1) is 4.52 Å². The molecule has 1 aromatic carbocycles. The second-order valence-electron chi connectivity index (χ2n) is 5.56. The van der Waals surface area contributed by atoms with E-state index in [9.17, 15) is 27.9 Å². The van der Waals surface area contributed by atoms with Crippen LogP contribution < -0.4 is 5.30 Å². The van der Waals surface area contributed by atoms with E-state index >= 15 is 0 Å². The number of likely N-dealkylation sites (N-methyl/N-ethyl adjacent to an activating group) is 1. The summed E-state index contributed by atoms with van der Waals surface area (Å²) in [5.74, 6) is 0. The van der Waals surface area contributed by atoms with Crippen molar-refractivity contribution in [2.45, 2.75) is 6.18 Å². The summed E-state index contributed by atoms with van der Waals surface area (Å²) in [5.41, 5.74) is -2.51. The summed E-state index contributed by atoms with van der Waals surface area (Å²) in [7, 11) is 3.13. The average molecular weight is 340 g/mol. The number of quaternary nitrogens is 1. The fourth-order valence-corrected chi connectivity index (χ4v) is 2.32. The minimum atomic E-state index is -4.91. The molecule has 0 heterocycles. The predicted molar refractivity (Wildman–Crippen MR) is 74.2 cm³/mol. The Kier molecular flexibility index (Phi) is 5.61. The summed E-state index contributed by atoms with van der Waals surface area (Å²) in [5, 5.41) is 10.4. The molecule has 0 spiro atoms. The molecule has 0 N–H and O–H groups in total. The van der Waals surface area contributed by atoms with Crippen molar-refractivity contribution >= 4 is 19.0 Å². The maximum absolute atomic E-state index is 12.8. The van der Waals surface area contributed by atoms with Gasteiger partial charge in [-0.2, -0.15) is 13.2 Å². The summed E-state index contributed by atoms with van der Waals surface area (Å²) >= 11 is 0. The molecular formula is C12H16F3N2O4P+2. The molecule has 0 aromatic heterocycles. The van der Waals surface area contributed by atoms with Gasteiger partial charge in [0.2, 0.25) is 5.30 Å². The van der Waals surface area contributed by atoms with Gasteiger partial charge in [0.1, 0.15) is 12.1 Å². The second-order valence-corrected chi connectivity index (χ2v) is 6.85. The van der Waals surface area contributed by atoms with Crippen molar-refractivity contribution in [1.82, 2.24) is 0 Å². The summed E-state index contributed by atoms with van der Waals surface area (Å²) in [4.78, 5) is 9.50. The van der Waals surface area contributed by atoms with Gasteiger partial charge in [0.25, 0.3) is 5.69 Å². The van der Waals surface area contributed by atoms with Gasteiger partial charge in [-0.3, -0.25) is 10.1 Å². The summed E-state index contributed by atoms with van der Waals surface area (Å²) in [6, 6.07) is 2.20. The van der Waals surface area contributed by atoms with Gasteiger partial charge in [-0.25, -0.2) is 0 Å². The lowest BCUT2D eigenvalue weighted by molar-refractivity contribution is -0.870. The molecule has 0 bridgehead atoms. The van der Waals surface area contributed by atoms with E-state index < -0.39 is 30.4 Å². The van der Waals surface area contributed by atoms with Crippen molar-refractivity contribution in [2.24, 2.45) is 0 Å². The standard InChI is InChI=1S/C12H16F3N2O4P/c1-17(2,3)6-7-21-22(20)9-4-5-11(16(18)19)10(8-9)12(13,14)15/h4-5,8H,6-7H2,1-3H3/q+2. The molecule has 22 heavy (non-hydrogen) atoms. The van der Waals surface area contributed by atoms with Gasteiger partial charge >= 0.3 is 14.2 Å². The second kappa shape index (κ2) is 6.68. The van der Waals surface area contributed by atoms with Crippen LogP contribution in [0.15, 0.2) is 18.2 Å². The fraction of sp³-hybridized carbons (Fsp3) is 0.500. The zero-order valence-electron chi connectivity index (χ0n) is 12.3. The van der Waals surface area contributed by atoms with E-state index in [1.165, 1.54) is 0 Å². The Labute approximate surface area is 126 Å². The molecule has 1 aromatic rings. The van der Waals surface area contributed by atoms with Crippen molar-refractivity contribution in [3.63, 3.8) is 0 Å². The molecule has 0 amide bonds. The van der Waals surface area contributed by atoms with Crippen LogP contribution in [-0.4, -0.2) is 43.7 Å². The van der Waals surface area contributed by atoms with Gasteiger partial charge in [0, 0.05) is 18.2 Å². The highest BCUT2D eigenvalue weighted by Crippen LogP contribution is 2.37. The molecule has 1 unspecified atom stereocenters. The Morgan fingerprint density at radius 1 is 1.32 bits per heavy atom. The van der Waals surface area contributed by atoms with Crippen LogP contribution in [0.3, 0.4) is 0 Å². The van der Waals surface area contributed by atoms with E-state index in [2.05, 4.69) is 0 Å². The van der Waals surface area contributed by atoms with Crippen LogP contribution in [0.1, 0.15) is 5.56 Å². The molecule has 1 rings (SSSR count). The monoisotopic (exact) mass is 340 g/mol. The van der Waals surface area contributed by atoms with Crippen LogP contribution in [-0.2, 0) is 15.3 Å². The Bertz CT molecular complexity index is 585. The van der Waals surface area contributed by atoms with Crippen LogP contribution in [0, 0.1) is 10.1 Å². The molecule has 6 nitrogen and oxygen atoms in total. The molecule has 0 radical (unpaired) electrons. The third-order valence-corrected chi connectivity index (χ3v) is 3.78. The van der Waals surface area contributed by atoms with E-state index in [-0.39, 0.29) is 11.9 Å². The maximum atomic E-state index is 12.8. The molecular weight excluding hydrogens is 324 g/mol. The largest absolute Gasteiger partial charge is 0.548 e. The first-order chi connectivity index (χ1) is 9.92. The van der Waals surface area contributed by atoms with Gasteiger partial charge in [0.15, 0.2) is 6.61 Å². The van der Waals surface area contributed by atoms with Gasteiger partial charge < -0.3 is 4.48 Å². The number of alkyl halides is 3. The zero-order chi connectivity index (χ0) is 17.1. The summed E-state index contributed by atoms with van der Waals surface area (Å²) in [6.07, 6.45) is -4.91. The van der Waals surface area contributed by atoms with Crippen LogP contribution in [0.2, 0.25) is 0 Å². The van der Waals surface area contributed by atoms with E-state index in [0.717, 1.165) is 6.07 Å². The molecule has 0 aliphatic heterocycles. The highest BCUT2D eigenvalue weighted by atomic mass is 31.1. The topological polar surface area (TPSA) is 69.4 Å². The predicted octanol–water partition coefficient (Wildman–Crippen LogP) is 2.70. The molecule has 0 fully saturated rings. The minimum absolute atomic E-state index is 0.0943. The number of rotatable bonds is 6. The Morgan fingerprint density at radius 3 is 2.36 bits per heavy atom. The maximum Gasteiger partial charge on any atom is 0.548 e. The minimum Gasteiger partial charge on any atom is -0.329 e. The van der Waals surface area contributed by atoms with E-state index in [1.54, 1.807) is 0 Å². The van der Waals surface area contributed by atoms with Crippen molar-refractivity contribution in [3.8, 4) is 0 Å². The molecule has 122 valence electrons. The zero-order valence-corrected chi connectivity index (χ0v) is 13.1. The molecule has 1 atom stereocenters. The van der Waals surface area contributed by atoms with Crippen molar-refractivity contribution in [3.05, 3.63) is 33.9 Å². The number of nitro groups is 1. The number of benzene rings is 1. The smallest absolute Gasteiger partial charge is 0.329 e. The van der Waals surface area contributed by atoms with E-state index in [0.29, 0.717) is 23.2 Å². The summed E-state index contributed by atoms with van der Waals surface area (Å²) in [6.45, 7) is 0.608. The Morgan fingerprint density at radius 2 is 1.91 bits per heavy atom. The van der Waals surface area contributed by atoms with E-state index in [4.69, 9.17) is 4.52 Å². The molecule has 10 heteroatoms. The van der Waals surface area contributed by atoms with Gasteiger partial charge in [-0.1, -0.05) is 0 Å². The van der Waals surface area contributed by atoms with E-state index in [1.807, 2.05) is 21.1 Å². The van der Waals surface area contributed by atoms with Crippen LogP contribution in [0.4, 0.5) is 18.9 Å². The quantitative estimate of drug-likeness (QED) is 0.346. The number of nitrogens with zero attached hydrogens (tertiary/aromatic N) is 2. The lowest BCUT2D eigenvalue weighted by Crippen LogP contribution is -2.37. The van der Waals surface area contributed by atoms with Crippen molar-refractivity contribution in [1.29, 1.82) is 0 Å². The Hall–Kier alpha value is -1.57. The van der Waals surface area contributed by atoms with Crippen LogP contribution in [0.5, 0.6) is 0 Å². The number of nitro benzene ring substituents is 1. The number of hydrogen-bond donors (Lipinski definition) is 0.